The molecule has 1 aliphatic rings. The maximum atomic E-state index is 12.3. The summed E-state index contributed by atoms with van der Waals surface area (Å²) in [6.45, 7) is 0. The van der Waals surface area contributed by atoms with Crippen LogP contribution in [0.1, 0.15) is 0 Å². The Morgan fingerprint density at radius 2 is 0.800 bits per heavy atom. The molecule has 0 saturated carbocycles. The summed E-state index contributed by atoms with van der Waals surface area (Å²) < 4.78 is 97.4. The Kier molecular flexibility index (Phi) is 2.41. The predicted octanol–water partition coefficient (Wildman–Crippen LogP) is 2.34. The van der Waals surface area contributed by atoms with Crippen molar-refractivity contribution in [1.82, 2.24) is 0 Å². The number of rotatable bonds is 0. The normalized spacial score (nSPS) is 32.0. The standard InChI is InChI=1S/C4F8O3/c5-1(6)2(7,8)4(11,12)14-15-13-3(1,9)10. The van der Waals surface area contributed by atoms with Crippen molar-refractivity contribution < 1.29 is 49.9 Å². The summed E-state index contributed by atoms with van der Waals surface area (Å²) >= 11 is 0. The topological polar surface area (TPSA) is 27.7 Å². The van der Waals surface area contributed by atoms with Crippen LogP contribution in [0.4, 0.5) is 35.1 Å². The number of hydrogen-bond acceptors (Lipinski definition) is 3. The summed E-state index contributed by atoms with van der Waals surface area (Å²) in [5, 5.41) is 2.44. The molecule has 1 heterocycles. The van der Waals surface area contributed by atoms with Gasteiger partial charge in [-0.3, -0.25) is 0 Å². The van der Waals surface area contributed by atoms with E-state index >= 15 is 0 Å². The van der Waals surface area contributed by atoms with E-state index in [9.17, 15) is 35.1 Å². The van der Waals surface area contributed by atoms with E-state index in [1.807, 2.05) is 0 Å². The molecule has 15 heavy (non-hydrogen) atoms. The molecule has 3 nitrogen and oxygen atoms in total. The molecule has 0 atom stereocenters. The van der Waals surface area contributed by atoms with Gasteiger partial charge in [-0.25, -0.2) is 0 Å². The van der Waals surface area contributed by atoms with E-state index in [0.29, 0.717) is 0 Å². The second-order valence-electron chi connectivity index (χ2n) is 2.42. The Balaban J connectivity index is 3.26. The molecule has 1 rings (SSSR count). The number of halogens is 8. The van der Waals surface area contributed by atoms with Gasteiger partial charge in [-0.1, -0.05) is 5.04 Å². The molecule has 0 unspecified atom stereocenters. The lowest BCUT2D eigenvalue weighted by Gasteiger charge is -2.29. The highest BCUT2D eigenvalue weighted by Crippen LogP contribution is 2.55. The molecule has 0 aliphatic carbocycles. The van der Waals surface area contributed by atoms with Gasteiger partial charge in [0.05, 0.1) is 0 Å². The molecular weight excluding hydrogens is 248 g/mol. The first-order chi connectivity index (χ1) is 6.46. The van der Waals surface area contributed by atoms with Crippen LogP contribution in [0.5, 0.6) is 0 Å². The van der Waals surface area contributed by atoms with Crippen molar-refractivity contribution in [3.63, 3.8) is 0 Å². The number of hydrogen-bond donors (Lipinski definition) is 0. The minimum Gasteiger partial charge on any atom is -0.189 e. The minimum atomic E-state index is -6.50. The molecule has 0 N–H and O–H groups in total. The fourth-order valence-corrected chi connectivity index (χ4v) is 0.573. The van der Waals surface area contributed by atoms with E-state index in [1.54, 1.807) is 0 Å². The van der Waals surface area contributed by atoms with E-state index in [2.05, 4.69) is 14.8 Å². The Morgan fingerprint density at radius 3 is 1.07 bits per heavy atom. The van der Waals surface area contributed by atoms with Crippen LogP contribution in [-0.4, -0.2) is 24.1 Å². The van der Waals surface area contributed by atoms with Crippen LogP contribution in [0.25, 0.3) is 0 Å². The Morgan fingerprint density at radius 1 is 0.533 bits per heavy atom. The van der Waals surface area contributed by atoms with Crippen molar-refractivity contribution in [3.8, 4) is 0 Å². The lowest BCUT2D eigenvalue weighted by Crippen LogP contribution is -2.61. The van der Waals surface area contributed by atoms with Crippen molar-refractivity contribution >= 4 is 0 Å². The predicted molar refractivity (Wildman–Crippen MR) is 23.0 cm³/mol. The maximum absolute atomic E-state index is 12.3. The molecule has 0 spiro atoms. The number of alkyl halides is 8. The summed E-state index contributed by atoms with van der Waals surface area (Å²) in [4.78, 5) is 4.62. The van der Waals surface area contributed by atoms with Crippen LogP contribution < -0.4 is 0 Å². The van der Waals surface area contributed by atoms with Gasteiger partial charge in [-0.15, -0.1) is 9.78 Å². The first kappa shape index (κ1) is 12.4. The van der Waals surface area contributed by atoms with Crippen molar-refractivity contribution in [2.45, 2.75) is 24.1 Å². The molecule has 1 saturated heterocycles. The fourth-order valence-electron chi connectivity index (χ4n) is 0.573. The van der Waals surface area contributed by atoms with Gasteiger partial charge in [-0.2, -0.15) is 35.1 Å². The van der Waals surface area contributed by atoms with E-state index < -0.39 is 24.1 Å². The van der Waals surface area contributed by atoms with E-state index in [1.165, 1.54) is 0 Å². The lowest BCUT2D eigenvalue weighted by atomic mass is 10.1. The molecule has 0 aromatic rings. The maximum Gasteiger partial charge on any atom is 0.454 e. The highest BCUT2D eigenvalue weighted by Gasteiger charge is 2.85. The smallest absolute Gasteiger partial charge is 0.189 e. The zero-order valence-corrected chi connectivity index (χ0v) is 6.25. The largest absolute Gasteiger partial charge is 0.454 e. The van der Waals surface area contributed by atoms with Gasteiger partial charge in [0.2, 0.25) is 0 Å². The van der Waals surface area contributed by atoms with Crippen LogP contribution in [0.3, 0.4) is 0 Å². The average Bonchev–Trinajstić information content (AvgIpc) is 2.03. The minimum absolute atomic E-state index is 2.31. The van der Waals surface area contributed by atoms with Gasteiger partial charge < -0.3 is 0 Å². The molecule has 0 bridgehead atoms. The van der Waals surface area contributed by atoms with Crippen LogP contribution in [-0.2, 0) is 14.8 Å². The van der Waals surface area contributed by atoms with Gasteiger partial charge in [-0.05, 0) is 0 Å². The molecule has 0 aromatic carbocycles. The molecule has 0 radical (unpaired) electrons. The van der Waals surface area contributed by atoms with Gasteiger partial charge in [0.15, 0.2) is 0 Å². The van der Waals surface area contributed by atoms with E-state index in [0.717, 1.165) is 0 Å². The summed E-state index contributed by atoms with van der Waals surface area (Å²) in [5.74, 6) is -13.0. The quantitative estimate of drug-likeness (QED) is 0.486. The molecule has 11 heteroatoms. The van der Waals surface area contributed by atoms with E-state index in [-0.39, 0.29) is 0 Å². The summed E-state index contributed by atoms with van der Waals surface area (Å²) in [6.07, 6.45) is -11.9. The Bertz CT molecular complexity index is 237. The molecule has 0 aromatic heterocycles. The Labute approximate surface area is 75.4 Å². The molecule has 1 fully saturated rings. The van der Waals surface area contributed by atoms with Crippen molar-refractivity contribution in [3.05, 3.63) is 0 Å². The third-order valence-corrected chi connectivity index (χ3v) is 1.40. The zero-order valence-electron chi connectivity index (χ0n) is 6.25. The third-order valence-electron chi connectivity index (χ3n) is 1.40. The summed E-state index contributed by atoms with van der Waals surface area (Å²) in [6, 6.07) is 0. The van der Waals surface area contributed by atoms with Gasteiger partial charge in [0.1, 0.15) is 0 Å². The second-order valence-corrected chi connectivity index (χ2v) is 2.42. The molecule has 1 aliphatic heterocycles. The summed E-state index contributed by atoms with van der Waals surface area (Å²) in [7, 11) is 0. The fraction of sp³-hybridized carbons (Fsp3) is 1.00. The van der Waals surface area contributed by atoms with Crippen LogP contribution in [0.2, 0.25) is 0 Å². The second kappa shape index (κ2) is 2.92. The highest BCUT2D eigenvalue weighted by atomic mass is 19.4. The average molecular weight is 248 g/mol. The van der Waals surface area contributed by atoms with Crippen molar-refractivity contribution in [2.24, 2.45) is 0 Å². The van der Waals surface area contributed by atoms with Crippen molar-refractivity contribution in [1.29, 1.82) is 0 Å². The van der Waals surface area contributed by atoms with Gasteiger partial charge in [0.25, 0.3) is 0 Å². The first-order valence-corrected chi connectivity index (χ1v) is 3.00. The van der Waals surface area contributed by atoms with E-state index in [4.69, 9.17) is 0 Å². The highest BCUT2D eigenvalue weighted by molar-refractivity contribution is 4.96. The van der Waals surface area contributed by atoms with Crippen molar-refractivity contribution in [2.75, 3.05) is 0 Å². The molecule has 0 amide bonds. The third kappa shape index (κ3) is 1.45. The van der Waals surface area contributed by atoms with Crippen LogP contribution in [0.15, 0.2) is 0 Å². The van der Waals surface area contributed by atoms with Crippen LogP contribution in [0, 0.1) is 0 Å². The van der Waals surface area contributed by atoms with Crippen LogP contribution >= 0.6 is 0 Å². The SMILES string of the molecule is FC1(F)OOOC(F)(F)C(F)(F)C1(F)F. The first-order valence-electron chi connectivity index (χ1n) is 3.00. The lowest BCUT2D eigenvalue weighted by molar-refractivity contribution is -0.619. The summed E-state index contributed by atoms with van der Waals surface area (Å²) in [5.41, 5.74) is 0. The van der Waals surface area contributed by atoms with Gasteiger partial charge >= 0.3 is 24.1 Å². The molecular formula is C4F8O3. The van der Waals surface area contributed by atoms with Gasteiger partial charge in [0, 0.05) is 0 Å². The molecule has 90 valence electrons. The monoisotopic (exact) mass is 248 g/mol. The zero-order chi connectivity index (χ0) is 12.1. The Hall–Kier alpha value is -0.680.